The van der Waals surface area contributed by atoms with Crippen molar-refractivity contribution < 1.29 is 0 Å². The monoisotopic (exact) mass is 254 g/mol. The molecule has 0 radical (unpaired) electrons. The third-order valence-electron chi connectivity index (χ3n) is 4.12. The minimum absolute atomic E-state index is 0.526. The number of rotatable bonds is 3. The Balaban J connectivity index is 1.92. The van der Waals surface area contributed by atoms with Crippen molar-refractivity contribution in [2.75, 3.05) is 6.54 Å². The summed E-state index contributed by atoms with van der Waals surface area (Å²) in [6, 6.07) is 7.54. The number of aromatic nitrogens is 1. The summed E-state index contributed by atoms with van der Waals surface area (Å²) in [5.41, 5.74) is 2.78. The highest BCUT2D eigenvalue weighted by atomic mass is 14.9. The molecule has 2 nitrogen and oxygen atoms in total. The summed E-state index contributed by atoms with van der Waals surface area (Å²) in [7, 11) is 0. The maximum Gasteiger partial charge on any atom is 0.0346 e. The zero-order valence-corrected chi connectivity index (χ0v) is 11.8. The SMILES string of the molecule is CC(C)c1cncc2cc(CC3CCCN3)ccc12. The maximum atomic E-state index is 4.39. The van der Waals surface area contributed by atoms with Crippen LogP contribution in [0.25, 0.3) is 10.8 Å². The summed E-state index contributed by atoms with van der Waals surface area (Å²) < 4.78 is 0. The molecule has 1 N–H and O–H groups in total. The van der Waals surface area contributed by atoms with E-state index in [1.807, 2.05) is 12.4 Å². The quantitative estimate of drug-likeness (QED) is 0.904. The Kier molecular flexibility index (Phi) is 3.52. The maximum absolute atomic E-state index is 4.39. The van der Waals surface area contributed by atoms with E-state index in [2.05, 4.69) is 42.3 Å². The second-order valence-electron chi connectivity index (χ2n) is 5.94. The molecule has 1 unspecified atom stereocenters. The van der Waals surface area contributed by atoms with Crippen LogP contribution in [-0.4, -0.2) is 17.6 Å². The Bertz CT molecular complexity index is 568. The molecule has 3 rings (SSSR count). The van der Waals surface area contributed by atoms with Gasteiger partial charge in [-0.2, -0.15) is 0 Å². The highest BCUT2D eigenvalue weighted by Gasteiger charge is 2.14. The van der Waals surface area contributed by atoms with Crippen LogP contribution in [0.5, 0.6) is 0 Å². The van der Waals surface area contributed by atoms with Crippen molar-refractivity contribution in [3.63, 3.8) is 0 Å². The van der Waals surface area contributed by atoms with Gasteiger partial charge in [-0.05, 0) is 54.3 Å². The molecule has 19 heavy (non-hydrogen) atoms. The first kappa shape index (κ1) is 12.6. The third-order valence-corrected chi connectivity index (χ3v) is 4.12. The van der Waals surface area contributed by atoms with Crippen LogP contribution < -0.4 is 5.32 Å². The lowest BCUT2D eigenvalue weighted by atomic mass is 9.96. The Labute approximate surface area is 115 Å². The van der Waals surface area contributed by atoms with Crippen molar-refractivity contribution in [3.05, 3.63) is 41.7 Å². The van der Waals surface area contributed by atoms with Crippen molar-refractivity contribution in [2.24, 2.45) is 0 Å². The van der Waals surface area contributed by atoms with Gasteiger partial charge in [-0.15, -0.1) is 0 Å². The minimum atomic E-state index is 0.526. The average molecular weight is 254 g/mol. The number of hydrogen-bond acceptors (Lipinski definition) is 2. The molecule has 0 aliphatic carbocycles. The molecule has 2 heterocycles. The fraction of sp³-hybridized carbons (Fsp3) is 0.471. The first-order chi connectivity index (χ1) is 9.24. The van der Waals surface area contributed by atoms with Gasteiger partial charge < -0.3 is 5.32 Å². The zero-order chi connectivity index (χ0) is 13.2. The van der Waals surface area contributed by atoms with E-state index < -0.39 is 0 Å². The van der Waals surface area contributed by atoms with Crippen molar-refractivity contribution in [2.45, 2.75) is 45.1 Å². The number of hydrogen-bond donors (Lipinski definition) is 1. The minimum Gasteiger partial charge on any atom is -0.314 e. The molecule has 1 aliphatic heterocycles. The number of pyridine rings is 1. The van der Waals surface area contributed by atoms with Gasteiger partial charge in [-0.25, -0.2) is 0 Å². The van der Waals surface area contributed by atoms with Crippen molar-refractivity contribution in [3.8, 4) is 0 Å². The van der Waals surface area contributed by atoms with E-state index in [4.69, 9.17) is 0 Å². The van der Waals surface area contributed by atoms with Gasteiger partial charge in [0.1, 0.15) is 0 Å². The van der Waals surface area contributed by atoms with Gasteiger partial charge in [-0.3, -0.25) is 4.98 Å². The third kappa shape index (κ3) is 2.64. The molecule has 1 fully saturated rings. The lowest BCUT2D eigenvalue weighted by Crippen LogP contribution is -2.23. The number of nitrogens with one attached hydrogen (secondary N) is 1. The van der Waals surface area contributed by atoms with Crippen LogP contribution in [-0.2, 0) is 6.42 Å². The van der Waals surface area contributed by atoms with E-state index in [0.29, 0.717) is 12.0 Å². The predicted octanol–water partition coefficient (Wildman–Crippen LogP) is 3.65. The molecule has 2 aromatic rings. The molecular formula is C17H22N2. The molecule has 0 bridgehead atoms. The van der Waals surface area contributed by atoms with Gasteiger partial charge in [0.15, 0.2) is 0 Å². The number of benzene rings is 1. The van der Waals surface area contributed by atoms with Crippen LogP contribution in [0, 0.1) is 0 Å². The van der Waals surface area contributed by atoms with Crippen LogP contribution in [0.3, 0.4) is 0 Å². The topological polar surface area (TPSA) is 24.9 Å². The lowest BCUT2D eigenvalue weighted by Gasteiger charge is -2.13. The van der Waals surface area contributed by atoms with E-state index in [1.165, 1.54) is 41.3 Å². The van der Waals surface area contributed by atoms with E-state index in [0.717, 1.165) is 6.42 Å². The molecule has 0 saturated carbocycles. The standard InChI is InChI=1S/C17H22N2/c1-12(2)17-11-18-10-14-8-13(5-6-16(14)17)9-15-4-3-7-19-15/h5-6,8,10-12,15,19H,3-4,7,9H2,1-2H3. The van der Waals surface area contributed by atoms with Gasteiger partial charge in [0.2, 0.25) is 0 Å². The Morgan fingerprint density at radius 2 is 2.21 bits per heavy atom. The molecule has 1 aromatic heterocycles. The van der Waals surface area contributed by atoms with Crippen molar-refractivity contribution in [1.29, 1.82) is 0 Å². The van der Waals surface area contributed by atoms with E-state index >= 15 is 0 Å². The first-order valence-corrected chi connectivity index (χ1v) is 7.34. The van der Waals surface area contributed by atoms with E-state index in [9.17, 15) is 0 Å². The molecular weight excluding hydrogens is 232 g/mol. The van der Waals surface area contributed by atoms with Crippen molar-refractivity contribution >= 4 is 10.8 Å². The fourth-order valence-electron chi connectivity index (χ4n) is 3.05. The summed E-state index contributed by atoms with van der Waals surface area (Å²) >= 11 is 0. The first-order valence-electron chi connectivity index (χ1n) is 7.34. The van der Waals surface area contributed by atoms with E-state index in [-0.39, 0.29) is 0 Å². The van der Waals surface area contributed by atoms with Crippen LogP contribution >= 0.6 is 0 Å². The molecule has 1 aromatic carbocycles. The average Bonchev–Trinajstić information content (AvgIpc) is 2.90. The highest BCUT2D eigenvalue weighted by molar-refractivity contribution is 5.85. The van der Waals surface area contributed by atoms with Gasteiger partial charge in [0, 0.05) is 23.8 Å². The molecule has 1 atom stereocenters. The predicted molar refractivity (Wildman–Crippen MR) is 80.6 cm³/mol. The van der Waals surface area contributed by atoms with Crippen LogP contribution in [0.4, 0.5) is 0 Å². The highest BCUT2D eigenvalue weighted by Crippen LogP contribution is 2.25. The van der Waals surface area contributed by atoms with Crippen LogP contribution in [0.2, 0.25) is 0 Å². The molecule has 100 valence electrons. The van der Waals surface area contributed by atoms with Gasteiger partial charge >= 0.3 is 0 Å². The second kappa shape index (κ2) is 5.30. The fourth-order valence-corrected chi connectivity index (χ4v) is 3.05. The van der Waals surface area contributed by atoms with Crippen LogP contribution in [0.1, 0.15) is 43.7 Å². The zero-order valence-electron chi connectivity index (χ0n) is 11.8. The number of nitrogens with zero attached hydrogens (tertiary/aromatic N) is 1. The Morgan fingerprint density at radius 1 is 1.32 bits per heavy atom. The lowest BCUT2D eigenvalue weighted by molar-refractivity contribution is 0.603. The molecule has 1 aliphatic rings. The summed E-state index contributed by atoms with van der Waals surface area (Å²) in [5.74, 6) is 0.526. The molecule has 0 amide bonds. The Hall–Kier alpha value is -1.41. The van der Waals surface area contributed by atoms with Gasteiger partial charge in [-0.1, -0.05) is 26.0 Å². The Morgan fingerprint density at radius 3 is 2.95 bits per heavy atom. The molecule has 0 spiro atoms. The normalized spacial score (nSPS) is 19.4. The summed E-state index contributed by atoms with van der Waals surface area (Å²) in [6.45, 7) is 5.64. The summed E-state index contributed by atoms with van der Waals surface area (Å²) in [4.78, 5) is 4.39. The van der Waals surface area contributed by atoms with Crippen LogP contribution in [0.15, 0.2) is 30.6 Å². The largest absolute Gasteiger partial charge is 0.314 e. The smallest absolute Gasteiger partial charge is 0.0346 e. The van der Waals surface area contributed by atoms with Crippen molar-refractivity contribution in [1.82, 2.24) is 10.3 Å². The van der Waals surface area contributed by atoms with Gasteiger partial charge in [0.05, 0.1) is 0 Å². The summed E-state index contributed by atoms with van der Waals surface area (Å²) in [5, 5.41) is 6.20. The molecule has 1 saturated heterocycles. The van der Waals surface area contributed by atoms with Gasteiger partial charge in [0.25, 0.3) is 0 Å². The second-order valence-corrected chi connectivity index (χ2v) is 5.94. The van der Waals surface area contributed by atoms with E-state index in [1.54, 1.807) is 0 Å². The summed E-state index contributed by atoms with van der Waals surface area (Å²) in [6.07, 6.45) is 7.76. The number of fused-ring (bicyclic) bond motifs is 1. The molecule has 2 heteroatoms.